The van der Waals surface area contributed by atoms with E-state index in [1.807, 2.05) is 32.0 Å². The van der Waals surface area contributed by atoms with Crippen molar-refractivity contribution in [3.8, 4) is 5.88 Å². The van der Waals surface area contributed by atoms with Gasteiger partial charge in [0.1, 0.15) is 12.1 Å². The Morgan fingerprint density at radius 2 is 2.04 bits per heavy atom. The molecule has 7 heteroatoms. The highest BCUT2D eigenvalue weighted by atomic mass is 16.5. The lowest BCUT2D eigenvalue weighted by molar-refractivity contribution is -0.122. The number of carbonyl (C=O) groups is 2. The maximum Gasteiger partial charge on any atom is 0.230 e. The third-order valence-corrected chi connectivity index (χ3v) is 4.40. The molecule has 1 aliphatic heterocycles. The summed E-state index contributed by atoms with van der Waals surface area (Å²) in [6.45, 7) is 4.39. The molecule has 2 aromatic rings. The van der Waals surface area contributed by atoms with E-state index in [1.54, 1.807) is 4.90 Å². The fourth-order valence-corrected chi connectivity index (χ4v) is 2.77. The zero-order valence-electron chi connectivity index (χ0n) is 14.4. The normalized spacial score (nSPS) is 16.8. The Balaban J connectivity index is 1.70. The van der Waals surface area contributed by atoms with E-state index < -0.39 is 5.92 Å². The van der Waals surface area contributed by atoms with Gasteiger partial charge in [0.15, 0.2) is 0 Å². The number of anilines is 2. The average Bonchev–Trinajstić information content (AvgIpc) is 2.99. The Morgan fingerprint density at radius 1 is 1.24 bits per heavy atom. The number of nitrogens with zero attached hydrogens (tertiary/aromatic N) is 3. The van der Waals surface area contributed by atoms with Gasteiger partial charge in [0.25, 0.3) is 0 Å². The molecule has 0 radical (unpaired) electrons. The molecule has 7 nitrogen and oxygen atoms in total. The molecule has 0 aliphatic carbocycles. The molecule has 0 bridgehead atoms. The van der Waals surface area contributed by atoms with Gasteiger partial charge in [0.2, 0.25) is 17.7 Å². The van der Waals surface area contributed by atoms with E-state index in [2.05, 4.69) is 15.3 Å². The van der Waals surface area contributed by atoms with Crippen LogP contribution in [-0.4, -0.2) is 35.4 Å². The van der Waals surface area contributed by atoms with E-state index >= 15 is 0 Å². The number of rotatable bonds is 4. The summed E-state index contributed by atoms with van der Waals surface area (Å²) in [5, 5.41) is 2.72. The molecule has 1 saturated heterocycles. The average molecular weight is 340 g/mol. The second-order valence-corrected chi connectivity index (χ2v) is 6.11. The van der Waals surface area contributed by atoms with Crippen molar-refractivity contribution in [2.75, 3.05) is 23.9 Å². The van der Waals surface area contributed by atoms with Crippen molar-refractivity contribution in [1.29, 1.82) is 0 Å². The topological polar surface area (TPSA) is 84.4 Å². The number of aromatic nitrogens is 2. The van der Waals surface area contributed by atoms with Gasteiger partial charge in [-0.3, -0.25) is 9.59 Å². The van der Waals surface area contributed by atoms with Gasteiger partial charge < -0.3 is 15.0 Å². The van der Waals surface area contributed by atoms with Crippen LogP contribution in [0.3, 0.4) is 0 Å². The number of hydrogen-bond donors (Lipinski definition) is 1. The van der Waals surface area contributed by atoms with Crippen molar-refractivity contribution < 1.29 is 14.3 Å². The summed E-state index contributed by atoms with van der Waals surface area (Å²) in [7, 11) is 1.49. The van der Waals surface area contributed by atoms with Crippen LogP contribution in [0.4, 0.5) is 11.5 Å². The number of hydrogen-bond acceptors (Lipinski definition) is 5. The molecule has 1 N–H and O–H groups in total. The summed E-state index contributed by atoms with van der Waals surface area (Å²) in [5.74, 6) is 0.0117. The zero-order chi connectivity index (χ0) is 18.0. The molecule has 130 valence electrons. The summed E-state index contributed by atoms with van der Waals surface area (Å²) in [4.78, 5) is 34.4. The van der Waals surface area contributed by atoms with Gasteiger partial charge in [-0.2, -0.15) is 0 Å². The molecular formula is C18H20N4O3. The molecule has 2 amide bonds. The fourth-order valence-electron chi connectivity index (χ4n) is 2.77. The summed E-state index contributed by atoms with van der Waals surface area (Å²) in [6, 6.07) is 7.41. The third kappa shape index (κ3) is 3.60. The monoisotopic (exact) mass is 340 g/mol. The molecule has 0 spiro atoms. The molecule has 25 heavy (non-hydrogen) atoms. The standard InChI is InChI=1S/C18H20N4O3/c1-11-4-5-14(6-12(11)2)22-9-13(7-17(22)23)18(24)21-15-8-16(25-3)20-10-19-15/h4-6,8,10,13H,7,9H2,1-3H3,(H,19,20,21,24)/t13-/m0/s1. The highest BCUT2D eigenvalue weighted by Crippen LogP contribution is 2.27. The predicted molar refractivity (Wildman–Crippen MR) is 93.6 cm³/mol. The lowest BCUT2D eigenvalue weighted by Crippen LogP contribution is -2.28. The molecule has 0 unspecified atom stereocenters. The molecular weight excluding hydrogens is 320 g/mol. The minimum absolute atomic E-state index is 0.0522. The van der Waals surface area contributed by atoms with Crippen molar-refractivity contribution in [2.24, 2.45) is 5.92 Å². The van der Waals surface area contributed by atoms with Crippen molar-refractivity contribution in [3.63, 3.8) is 0 Å². The Bertz CT molecular complexity index is 822. The van der Waals surface area contributed by atoms with Crippen LogP contribution in [0.25, 0.3) is 0 Å². The van der Waals surface area contributed by atoms with E-state index in [0.29, 0.717) is 18.2 Å². The second kappa shape index (κ2) is 6.88. The first-order valence-electron chi connectivity index (χ1n) is 8.02. The van der Waals surface area contributed by atoms with E-state index in [9.17, 15) is 9.59 Å². The van der Waals surface area contributed by atoms with Crippen molar-refractivity contribution >= 4 is 23.3 Å². The highest BCUT2D eigenvalue weighted by molar-refractivity contribution is 6.03. The molecule has 1 aromatic heterocycles. The molecule has 0 saturated carbocycles. The van der Waals surface area contributed by atoms with E-state index in [0.717, 1.165) is 11.3 Å². The lowest BCUT2D eigenvalue weighted by atomic mass is 10.1. The number of carbonyl (C=O) groups excluding carboxylic acids is 2. The minimum atomic E-state index is -0.421. The third-order valence-electron chi connectivity index (χ3n) is 4.40. The van der Waals surface area contributed by atoms with Gasteiger partial charge in [-0.25, -0.2) is 9.97 Å². The predicted octanol–water partition coefficient (Wildman–Crippen LogP) is 2.09. The van der Waals surface area contributed by atoms with Gasteiger partial charge in [0, 0.05) is 24.7 Å². The molecule has 1 fully saturated rings. The maximum absolute atomic E-state index is 12.5. The Hall–Kier alpha value is -2.96. The molecule has 2 heterocycles. The van der Waals surface area contributed by atoms with Gasteiger partial charge in [0.05, 0.1) is 13.0 Å². The van der Waals surface area contributed by atoms with Crippen molar-refractivity contribution in [3.05, 3.63) is 41.7 Å². The fraction of sp³-hybridized carbons (Fsp3) is 0.333. The minimum Gasteiger partial charge on any atom is -0.481 e. The molecule has 3 rings (SSSR count). The van der Waals surface area contributed by atoms with Crippen LogP contribution in [0, 0.1) is 19.8 Å². The summed E-state index contributed by atoms with van der Waals surface area (Å²) < 4.78 is 5.01. The van der Waals surface area contributed by atoms with Gasteiger partial charge >= 0.3 is 0 Å². The number of ether oxygens (including phenoxy) is 1. The number of aryl methyl sites for hydroxylation is 2. The number of nitrogens with one attached hydrogen (secondary N) is 1. The Labute approximate surface area is 146 Å². The van der Waals surface area contributed by atoms with Crippen molar-refractivity contribution in [2.45, 2.75) is 20.3 Å². The second-order valence-electron chi connectivity index (χ2n) is 6.11. The first-order chi connectivity index (χ1) is 12.0. The molecule has 1 atom stereocenters. The number of amides is 2. The highest BCUT2D eigenvalue weighted by Gasteiger charge is 2.35. The van der Waals surface area contributed by atoms with Gasteiger partial charge in [-0.05, 0) is 37.1 Å². The molecule has 1 aromatic carbocycles. The first-order valence-corrected chi connectivity index (χ1v) is 8.02. The smallest absolute Gasteiger partial charge is 0.230 e. The quantitative estimate of drug-likeness (QED) is 0.921. The zero-order valence-corrected chi connectivity index (χ0v) is 14.4. The van der Waals surface area contributed by atoms with E-state index in [1.165, 1.54) is 25.1 Å². The largest absolute Gasteiger partial charge is 0.481 e. The van der Waals surface area contributed by atoms with Crippen LogP contribution in [-0.2, 0) is 9.59 Å². The number of benzene rings is 1. The Kier molecular flexibility index (Phi) is 4.65. The van der Waals surface area contributed by atoms with Crippen molar-refractivity contribution in [1.82, 2.24) is 9.97 Å². The summed E-state index contributed by atoms with van der Waals surface area (Å²) in [5.41, 5.74) is 3.11. The first kappa shape index (κ1) is 16.9. The van der Waals surface area contributed by atoms with Gasteiger partial charge in [-0.15, -0.1) is 0 Å². The van der Waals surface area contributed by atoms with Crippen LogP contribution in [0.5, 0.6) is 5.88 Å². The van der Waals surface area contributed by atoms with Crippen LogP contribution in [0.1, 0.15) is 17.5 Å². The van der Waals surface area contributed by atoms with Crippen LogP contribution < -0.4 is 15.0 Å². The van der Waals surface area contributed by atoms with E-state index in [-0.39, 0.29) is 18.2 Å². The summed E-state index contributed by atoms with van der Waals surface area (Å²) >= 11 is 0. The molecule has 1 aliphatic rings. The number of methoxy groups -OCH3 is 1. The van der Waals surface area contributed by atoms with Gasteiger partial charge in [-0.1, -0.05) is 6.07 Å². The summed E-state index contributed by atoms with van der Waals surface area (Å²) in [6.07, 6.45) is 1.50. The lowest BCUT2D eigenvalue weighted by Gasteiger charge is -2.18. The SMILES string of the molecule is COc1cc(NC(=O)[C@H]2CC(=O)N(c3ccc(C)c(C)c3)C2)ncn1. The van der Waals surface area contributed by atoms with E-state index in [4.69, 9.17) is 4.74 Å². The van der Waals surface area contributed by atoms with Crippen LogP contribution in [0.15, 0.2) is 30.6 Å². The maximum atomic E-state index is 12.5. The van der Waals surface area contributed by atoms with Crippen LogP contribution in [0.2, 0.25) is 0 Å². The van der Waals surface area contributed by atoms with Crippen LogP contribution >= 0.6 is 0 Å². The Morgan fingerprint density at radius 3 is 2.76 bits per heavy atom.